The molecule has 0 amide bonds. The zero-order valence-electron chi connectivity index (χ0n) is 33.8. The molecule has 0 aromatic rings. The molecule has 2 aliphatic heterocycles. The first kappa shape index (κ1) is 41.5. The Morgan fingerprint density at radius 1 is 0.727 bits per heavy atom. The number of carboxylic acids is 2. The van der Waals surface area contributed by atoms with Crippen molar-refractivity contribution in [3.63, 3.8) is 0 Å². The second-order valence-corrected chi connectivity index (χ2v) is 20.7. The summed E-state index contributed by atoms with van der Waals surface area (Å²) in [6.45, 7) is 17.7. The molecule has 55 heavy (non-hydrogen) atoms. The van der Waals surface area contributed by atoms with E-state index in [0.29, 0.717) is 18.8 Å². The molecule has 0 spiro atoms. The molecule has 18 atom stereocenters. The highest BCUT2D eigenvalue weighted by Gasteiger charge is 2.69. The molecule has 5 aliphatic carbocycles. The monoisotopic (exact) mass is 778 g/mol. The van der Waals surface area contributed by atoms with Gasteiger partial charge in [-0.15, -0.1) is 0 Å². The first-order valence-corrected chi connectivity index (χ1v) is 20.6. The number of aliphatic hydroxyl groups is 5. The van der Waals surface area contributed by atoms with E-state index in [9.17, 15) is 45.3 Å². The molecule has 7 aliphatic rings. The number of hydrogen-bond acceptors (Lipinski definition) is 11. The molecule has 7 rings (SSSR count). The van der Waals surface area contributed by atoms with Crippen LogP contribution in [0.4, 0.5) is 0 Å². The molecular formula is C42H66O13. The van der Waals surface area contributed by atoms with Crippen molar-refractivity contribution in [3.8, 4) is 0 Å². The van der Waals surface area contributed by atoms with Gasteiger partial charge in [-0.25, -0.2) is 4.79 Å². The fourth-order valence-corrected chi connectivity index (χ4v) is 13.6. The second kappa shape index (κ2) is 13.7. The first-order valence-electron chi connectivity index (χ1n) is 20.6. The summed E-state index contributed by atoms with van der Waals surface area (Å²) < 4.78 is 23.7. The van der Waals surface area contributed by atoms with Gasteiger partial charge >= 0.3 is 11.9 Å². The maximum Gasteiger partial charge on any atom is 0.335 e. The van der Waals surface area contributed by atoms with E-state index in [1.54, 1.807) is 0 Å². The number of fused-ring (bicyclic) bond motifs is 7. The van der Waals surface area contributed by atoms with E-state index in [2.05, 4.69) is 54.5 Å². The molecule has 0 unspecified atom stereocenters. The minimum atomic E-state index is -1.87. The average Bonchev–Trinajstić information content (AvgIpc) is 3.09. The molecule has 2 heterocycles. The van der Waals surface area contributed by atoms with Gasteiger partial charge in [0.15, 0.2) is 18.7 Å². The highest BCUT2D eigenvalue weighted by Crippen LogP contribution is 2.76. The zero-order valence-corrected chi connectivity index (χ0v) is 33.8. The summed E-state index contributed by atoms with van der Waals surface area (Å²) in [6.07, 6.45) is -5.46. The van der Waals surface area contributed by atoms with Crippen LogP contribution in [0.15, 0.2) is 11.6 Å². The van der Waals surface area contributed by atoms with Gasteiger partial charge in [-0.05, 0) is 116 Å². The van der Waals surface area contributed by atoms with Gasteiger partial charge in [-0.3, -0.25) is 4.79 Å². The van der Waals surface area contributed by atoms with E-state index < -0.39 is 90.3 Å². The fraction of sp³-hybridized carbons (Fsp3) is 0.905. The quantitative estimate of drug-likeness (QED) is 0.150. The van der Waals surface area contributed by atoms with Gasteiger partial charge in [0.25, 0.3) is 0 Å². The molecule has 0 bridgehead atoms. The summed E-state index contributed by atoms with van der Waals surface area (Å²) in [7, 11) is 0. The van der Waals surface area contributed by atoms with Gasteiger partial charge in [0.05, 0.1) is 17.6 Å². The van der Waals surface area contributed by atoms with Crippen molar-refractivity contribution < 1.29 is 64.3 Å². The Morgan fingerprint density at radius 3 is 2.04 bits per heavy atom. The molecule has 0 radical (unpaired) electrons. The molecule has 4 saturated carbocycles. The van der Waals surface area contributed by atoms with Crippen LogP contribution in [0, 0.1) is 50.2 Å². The van der Waals surface area contributed by atoms with Crippen LogP contribution in [0.5, 0.6) is 0 Å². The van der Waals surface area contributed by atoms with Crippen LogP contribution in [-0.2, 0) is 28.5 Å². The summed E-state index contributed by atoms with van der Waals surface area (Å²) in [5, 5.41) is 74.4. The normalized spacial score (nSPS) is 53.1. The van der Waals surface area contributed by atoms with Crippen LogP contribution in [0.25, 0.3) is 0 Å². The van der Waals surface area contributed by atoms with Crippen LogP contribution in [0.3, 0.4) is 0 Å². The van der Waals surface area contributed by atoms with Crippen molar-refractivity contribution in [2.24, 2.45) is 50.2 Å². The Morgan fingerprint density at radius 2 is 1.38 bits per heavy atom. The van der Waals surface area contributed by atoms with E-state index in [1.165, 1.54) is 12.5 Å². The van der Waals surface area contributed by atoms with Crippen molar-refractivity contribution in [2.45, 2.75) is 187 Å². The highest BCUT2D eigenvalue weighted by atomic mass is 16.7. The number of aliphatic carboxylic acids is 2. The number of hydrogen-bond donors (Lipinski definition) is 7. The Hall–Kier alpha value is -1.68. The standard InChI is InChI=1S/C42H66O13/c1-20-26(43)27(44)28(45)34(52-20)54-31-29(46)32(33(48)49)55-35(30(31)47)53-25-12-13-39(6)23(38(25,4)5)11-14-41(8)24(39)10-9-21-22-19-37(2,3)15-17-42(22,36(50)51)18-16-40(21,41)7/h9,20,22-32,34-35,43-47H,10-19H2,1-8H3,(H,48,49)(H,50,51)/t20-,22-,23-,24+,25-,26-,27+,28+,29-,30+,31-,32-,34-,35+,39-,40+,41+,42-/m0/s1. The lowest BCUT2D eigenvalue weighted by Gasteiger charge is -2.71. The van der Waals surface area contributed by atoms with Crippen molar-refractivity contribution in [3.05, 3.63) is 11.6 Å². The Balaban J connectivity index is 1.13. The van der Waals surface area contributed by atoms with Gasteiger partial charge in [0.2, 0.25) is 0 Å². The molecule has 312 valence electrons. The Labute approximate surface area is 324 Å². The third-order valence-corrected chi connectivity index (χ3v) is 17.2. The summed E-state index contributed by atoms with van der Waals surface area (Å²) in [5.74, 6) is -1.54. The third kappa shape index (κ3) is 6.10. The van der Waals surface area contributed by atoms with Gasteiger partial charge in [-0.2, -0.15) is 0 Å². The molecule has 6 fully saturated rings. The van der Waals surface area contributed by atoms with Crippen molar-refractivity contribution in [1.82, 2.24) is 0 Å². The number of carboxylic acid groups (broad SMARTS) is 2. The van der Waals surface area contributed by atoms with E-state index in [0.717, 1.165) is 51.4 Å². The van der Waals surface area contributed by atoms with E-state index in [-0.39, 0.29) is 33.5 Å². The van der Waals surface area contributed by atoms with Crippen molar-refractivity contribution in [1.29, 1.82) is 0 Å². The predicted octanol–water partition coefficient (Wildman–Crippen LogP) is 4.00. The zero-order chi connectivity index (χ0) is 40.4. The number of ether oxygens (including phenoxy) is 4. The van der Waals surface area contributed by atoms with E-state index in [4.69, 9.17) is 18.9 Å². The number of aliphatic hydroxyl groups excluding tert-OH is 5. The Kier molecular flexibility index (Phi) is 10.3. The van der Waals surface area contributed by atoms with Crippen LogP contribution in [-0.4, -0.2) is 115 Å². The SMILES string of the molecule is C[C@@H]1O[C@@H](O[C@@H]2[C@@H](O)[C@H](O[C@H]3CC[C@]4(C)[C@H]5CC=C6[C@@H]7CC(C)(C)CC[C@]7(C(=O)O)CC[C@@]6(C)[C@]5(C)CC[C@H]4C3(C)C)O[C@H](C(=O)O)[C@H]2O)[C@H](O)[C@H](O)[C@H]1O. The number of allylic oxidation sites excluding steroid dienone is 2. The van der Waals surface area contributed by atoms with Gasteiger partial charge in [-0.1, -0.05) is 60.1 Å². The molecule has 0 aromatic heterocycles. The van der Waals surface area contributed by atoms with Gasteiger partial charge < -0.3 is 54.7 Å². The highest BCUT2D eigenvalue weighted by molar-refractivity contribution is 5.76. The van der Waals surface area contributed by atoms with Gasteiger partial charge in [0.1, 0.15) is 36.6 Å². The number of carbonyl (C=O) groups is 2. The molecule has 2 saturated heterocycles. The maximum absolute atomic E-state index is 13.0. The first-order chi connectivity index (χ1) is 25.4. The molecule has 13 heteroatoms. The largest absolute Gasteiger partial charge is 0.481 e. The average molecular weight is 779 g/mol. The Bertz CT molecular complexity index is 1550. The lowest BCUT2D eigenvalue weighted by Crippen LogP contribution is -2.67. The topological polar surface area (TPSA) is 213 Å². The lowest BCUT2D eigenvalue weighted by atomic mass is 9.33. The minimum Gasteiger partial charge on any atom is -0.481 e. The molecule has 0 aromatic carbocycles. The van der Waals surface area contributed by atoms with Crippen LogP contribution in [0.1, 0.15) is 120 Å². The third-order valence-electron chi connectivity index (χ3n) is 17.2. The summed E-state index contributed by atoms with van der Waals surface area (Å²) in [6, 6.07) is 0. The smallest absolute Gasteiger partial charge is 0.335 e. The fourth-order valence-electron chi connectivity index (χ4n) is 13.6. The second-order valence-electron chi connectivity index (χ2n) is 20.7. The van der Waals surface area contributed by atoms with Gasteiger partial charge in [0, 0.05) is 0 Å². The summed E-state index contributed by atoms with van der Waals surface area (Å²) in [5.41, 5.74) is 0.0941. The van der Waals surface area contributed by atoms with Crippen molar-refractivity contribution >= 4 is 11.9 Å². The molecule has 7 N–H and O–H groups in total. The van der Waals surface area contributed by atoms with E-state index in [1.807, 2.05) is 0 Å². The summed E-state index contributed by atoms with van der Waals surface area (Å²) >= 11 is 0. The van der Waals surface area contributed by atoms with Crippen LogP contribution in [0.2, 0.25) is 0 Å². The lowest BCUT2D eigenvalue weighted by molar-refractivity contribution is -0.363. The molecular weight excluding hydrogens is 712 g/mol. The number of rotatable bonds is 6. The van der Waals surface area contributed by atoms with Crippen molar-refractivity contribution in [2.75, 3.05) is 0 Å². The summed E-state index contributed by atoms with van der Waals surface area (Å²) in [4.78, 5) is 25.3. The van der Waals surface area contributed by atoms with Crippen LogP contribution < -0.4 is 0 Å². The molecule has 13 nitrogen and oxygen atoms in total. The maximum atomic E-state index is 13.0. The van der Waals surface area contributed by atoms with Crippen LogP contribution >= 0.6 is 0 Å². The predicted molar refractivity (Wildman–Crippen MR) is 197 cm³/mol. The minimum absolute atomic E-state index is 0.0345. The van der Waals surface area contributed by atoms with E-state index >= 15 is 0 Å².